The molecule has 7 heteroatoms. The lowest BCUT2D eigenvalue weighted by Gasteiger charge is -2.28. The van der Waals surface area contributed by atoms with Gasteiger partial charge in [-0.2, -0.15) is 0 Å². The fourth-order valence-electron chi connectivity index (χ4n) is 3.93. The summed E-state index contributed by atoms with van der Waals surface area (Å²) < 4.78 is 18.8. The fourth-order valence-corrected chi connectivity index (χ4v) is 3.93. The second kappa shape index (κ2) is 7.83. The number of nitrogens with zero attached hydrogens (tertiary/aromatic N) is 4. The van der Waals surface area contributed by atoms with E-state index in [1.807, 2.05) is 11.1 Å². The molecule has 1 saturated heterocycles. The van der Waals surface area contributed by atoms with Crippen LogP contribution in [0.2, 0.25) is 0 Å². The summed E-state index contributed by atoms with van der Waals surface area (Å²) >= 11 is 0. The molecule has 0 aliphatic carbocycles. The van der Waals surface area contributed by atoms with Crippen LogP contribution in [0.1, 0.15) is 42.9 Å². The summed E-state index contributed by atoms with van der Waals surface area (Å²) in [6.45, 7) is 4.25. The second-order valence-corrected chi connectivity index (χ2v) is 7.59. The SMILES string of the molecule is CC(Oc1ccc(F)cc1)C(=O)N1CCCC1c1ncc2c(n1)CCN(C)C2. The Morgan fingerprint density at radius 3 is 2.86 bits per heavy atom. The van der Waals surface area contributed by atoms with Crippen LogP contribution in [-0.2, 0) is 17.8 Å². The number of hydrogen-bond donors (Lipinski definition) is 0. The van der Waals surface area contributed by atoms with E-state index in [4.69, 9.17) is 9.72 Å². The first-order valence-electron chi connectivity index (χ1n) is 9.77. The molecule has 0 radical (unpaired) electrons. The molecule has 6 nitrogen and oxygen atoms in total. The molecule has 2 aliphatic heterocycles. The first kappa shape index (κ1) is 18.8. The maximum absolute atomic E-state index is 13.1. The number of halogens is 1. The zero-order valence-electron chi connectivity index (χ0n) is 16.3. The van der Waals surface area contributed by atoms with Gasteiger partial charge in [0.05, 0.1) is 6.04 Å². The van der Waals surface area contributed by atoms with Gasteiger partial charge < -0.3 is 14.5 Å². The van der Waals surface area contributed by atoms with Crippen molar-refractivity contribution >= 4 is 5.91 Å². The first-order valence-corrected chi connectivity index (χ1v) is 9.77. The number of carbonyl (C=O) groups is 1. The summed E-state index contributed by atoms with van der Waals surface area (Å²) in [6, 6.07) is 5.60. The number of likely N-dealkylation sites (N-methyl/N-ethyl adjacent to an activating group) is 1. The molecular weight excluding hydrogens is 359 g/mol. The Morgan fingerprint density at radius 1 is 1.29 bits per heavy atom. The lowest BCUT2D eigenvalue weighted by Crippen LogP contribution is -2.40. The van der Waals surface area contributed by atoms with Gasteiger partial charge in [0.2, 0.25) is 0 Å². The highest BCUT2D eigenvalue weighted by molar-refractivity contribution is 5.81. The minimum Gasteiger partial charge on any atom is -0.481 e. The van der Waals surface area contributed by atoms with Crippen LogP contribution in [0.3, 0.4) is 0 Å². The smallest absolute Gasteiger partial charge is 0.263 e. The van der Waals surface area contributed by atoms with Gasteiger partial charge in [0.15, 0.2) is 11.9 Å². The Hall–Kier alpha value is -2.54. The van der Waals surface area contributed by atoms with Crippen LogP contribution in [0.5, 0.6) is 5.75 Å². The molecule has 2 aliphatic rings. The monoisotopic (exact) mass is 384 g/mol. The minimum absolute atomic E-state index is 0.0899. The van der Waals surface area contributed by atoms with Crippen LogP contribution in [0.25, 0.3) is 0 Å². The van der Waals surface area contributed by atoms with Gasteiger partial charge in [-0.3, -0.25) is 4.79 Å². The standard InChI is InChI=1S/C21H25FN4O2/c1-14(28-17-7-5-16(22)6-8-17)21(27)26-10-3-4-19(26)20-23-12-15-13-25(2)11-9-18(15)24-20/h5-8,12,14,19H,3-4,9-11,13H2,1-2H3. The number of hydrogen-bond acceptors (Lipinski definition) is 5. The predicted octanol–water partition coefficient (Wildman–Crippen LogP) is 2.73. The van der Waals surface area contributed by atoms with Crippen molar-refractivity contribution in [2.45, 2.75) is 44.9 Å². The summed E-state index contributed by atoms with van der Waals surface area (Å²) in [6.07, 6.45) is 3.94. The fraction of sp³-hybridized carbons (Fsp3) is 0.476. The van der Waals surface area contributed by atoms with Gasteiger partial charge in [-0.1, -0.05) is 0 Å². The number of carbonyl (C=O) groups excluding carboxylic acids is 1. The molecule has 2 atom stereocenters. The van der Waals surface area contributed by atoms with Crippen molar-refractivity contribution in [2.75, 3.05) is 20.1 Å². The molecule has 0 spiro atoms. The van der Waals surface area contributed by atoms with Crippen molar-refractivity contribution in [1.29, 1.82) is 0 Å². The van der Waals surface area contributed by atoms with Crippen LogP contribution in [0, 0.1) is 5.82 Å². The molecule has 1 amide bonds. The number of likely N-dealkylation sites (tertiary alicyclic amines) is 1. The zero-order valence-corrected chi connectivity index (χ0v) is 16.3. The van der Waals surface area contributed by atoms with E-state index in [2.05, 4.69) is 16.9 Å². The number of rotatable bonds is 4. The zero-order chi connectivity index (χ0) is 19.7. The molecule has 2 unspecified atom stereocenters. The van der Waals surface area contributed by atoms with Crippen molar-refractivity contribution in [3.05, 3.63) is 53.4 Å². The minimum atomic E-state index is -0.655. The van der Waals surface area contributed by atoms with Gasteiger partial charge in [0.25, 0.3) is 5.91 Å². The van der Waals surface area contributed by atoms with Crippen molar-refractivity contribution in [3.63, 3.8) is 0 Å². The molecule has 1 aromatic heterocycles. The summed E-state index contributed by atoms with van der Waals surface area (Å²) in [5, 5.41) is 0. The van der Waals surface area contributed by atoms with E-state index in [0.29, 0.717) is 12.3 Å². The molecule has 0 bridgehead atoms. The Bertz CT molecular complexity index is 858. The summed E-state index contributed by atoms with van der Waals surface area (Å²) in [5.41, 5.74) is 2.26. The third kappa shape index (κ3) is 3.85. The Balaban J connectivity index is 1.48. The maximum Gasteiger partial charge on any atom is 0.263 e. The van der Waals surface area contributed by atoms with Gasteiger partial charge >= 0.3 is 0 Å². The highest BCUT2D eigenvalue weighted by atomic mass is 19.1. The number of ether oxygens (including phenoxy) is 1. The quantitative estimate of drug-likeness (QED) is 0.811. The van der Waals surface area contributed by atoms with E-state index in [-0.39, 0.29) is 17.8 Å². The van der Waals surface area contributed by atoms with E-state index in [1.165, 1.54) is 29.8 Å². The predicted molar refractivity (Wildman–Crippen MR) is 102 cm³/mol. The van der Waals surface area contributed by atoms with Gasteiger partial charge in [0.1, 0.15) is 11.6 Å². The number of amides is 1. The average Bonchev–Trinajstić information content (AvgIpc) is 3.18. The van der Waals surface area contributed by atoms with E-state index in [0.717, 1.165) is 43.9 Å². The average molecular weight is 384 g/mol. The number of benzene rings is 1. The normalized spacial score (nSPS) is 20.7. The second-order valence-electron chi connectivity index (χ2n) is 7.59. The lowest BCUT2D eigenvalue weighted by atomic mass is 10.1. The van der Waals surface area contributed by atoms with Crippen LogP contribution in [-0.4, -0.2) is 51.9 Å². The van der Waals surface area contributed by atoms with E-state index in [9.17, 15) is 9.18 Å². The van der Waals surface area contributed by atoms with Gasteiger partial charge in [-0.25, -0.2) is 14.4 Å². The maximum atomic E-state index is 13.1. The first-order chi connectivity index (χ1) is 13.5. The Labute approximate surface area is 164 Å². The molecule has 1 aromatic carbocycles. The van der Waals surface area contributed by atoms with Gasteiger partial charge in [-0.15, -0.1) is 0 Å². The molecule has 1 fully saturated rings. The van der Waals surface area contributed by atoms with Crippen molar-refractivity contribution in [3.8, 4) is 5.75 Å². The third-order valence-electron chi connectivity index (χ3n) is 5.45. The molecular formula is C21H25FN4O2. The van der Waals surface area contributed by atoms with E-state index < -0.39 is 6.10 Å². The molecule has 3 heterocycles. The van der Waals surface area contributed by atoms with E-state index in [1.54, 1.807) is 6.92 Å². The van der Waals surface area contributed by atoms with Crippen LogP contribution >= 0.6 is 0 Å². The lowest BCUT2D eigenvalue weighted by molar-refractivity contribution is -0.139. The molecule has 2 aromatic rings. The van der Waals surface area contributed by atoms with Crippen molar-refractivity contribution in [2.24, 2.45) is 0 Å². The van der Waals surface area contributed by atoms with Crippen LogP contribution < -0.4 is 4.74 Å². The molecule has 148 valence electrons. The largest absolute Gasteiger partial charge is 0.481 e. The third-order valence-corrected chi connectivity index (χ3v) is 5.45. The highest BCUT2D eigenvalue weighted by Crippen LogP contribution is 2.31. The summed E-state index contributed by atoms with van der Waals surface area (Å²) in [4.78, 5) is 26.5. The van der Waals surface area contributed by atoms with Crippen LogP contribution in [0.4, 0.5) is 4.39 Å². The highest BCUT2D eigenvalue weighted by Gasteiger charge is 2.35. The molecule has 4 rings (SSSR count). The number of fused-ring (bicyclic) bond motifs is 1. The Kier molecular flexibility index (Phi) is 5.26. The summed E-state index contributed by atoms with van der Waals surface area (Å²) in [5.74, 6) is 0.782. The van der Waals surface area contributed by atoms with Crippen molar-refractivity contribution in [1.82, 2.24) is 19.8 Å². The topological polar surface area (TPSA) is 58.6 Å². The van der Waals surface area contributed by atoms with Crippen LogP contribution in [0.15, 0.2) is 30.5 Å². The van der Waals surface area contributed by atoms with Gasteiger partial charge in [-0.05, 0) is 51.1 Å². The molecule has 28 heavy (non-hydrogen) atoms. The van der Waals surface area contributed by atoms with Crippen molar-refractivity contribution < 1.29 is 13.9 Å². The molecule has 0 saturated carbocycles. The summed E-state index contributed by atoms with van der Waals surface area (Å²) in [7, 11) is 2.09. The number of aromatic nitrogens is 2. The Morgan fingerprint density at radius 2 is 2.07 bits per heavy atom. The molecule has 0 N–H and O–H groups in total. The van der Waals surface area contributed by atoms with Gasteiger partial charge in [0, 0.05) is 43.5 Å². The van der Waals surface area contributed by atoms with E-state index >= 15 is 0 Å².